The molecule has 0 aliphatic carbocycles. The molecule has 2 N–H and O–H groups in total. The molecule has 0 saturated heterocycles. The van der Waals surface area contributed by atoms with E-state index in [1.807, 2.05) is 7.05 Å². The first-order chi connectivity index (χ1) is 8.72. The molecule has 1 amide bonds. The van der Waals surface area contributed by atoms with Crippen molar-refractivity contribution in [2.45, 2.75) is 6.54 Å². The van der Waals surface area contributed by atoms with Gasteiger partial charge in [-0.1, -0.05) is 0 Å². The fourth-order valence-electron chi connectivity index (χ4n) is 1.52. The van der Waals surface area contributed by atoms with E-state index < -0.39 is 0 Å². The number of hydrogen-bond donors (Lipinski definition) is 2. The van der Waals surface area contributed by atoms with Crippen LogP contribution in [0, 0.1) is 0 Å². The van der Waals surface area contributed by atoms with Crippen LogP contribution in [0.5, 0.6) is 0 Å². The molecule has 0 unspecified atom stereocenters. The zero-order valence-corrected chi connectivity index (χ0v) is 10.2. The van der Waals surface area contributed by atoms with Crippen molar-refractivity contribution in [1.29, 1.82) is 0 Å². The van der Waals surface area contributed by atoms with E-state index in [-0.39, 0.29) is 5.91 Å². The number of carbonyl (C=O) groups is 1. The SMILES string of the molecule is CNc1ccncc1C(=O)NCc1nncn1C. The molecular weight excluding hydrogens is 232 g/mol. The number of pyridine rings is 1. The molecule has 94 valence electrons. The highest BCUT2D eigenvalue weighted by Gasteiger charge is 2.11. The Labute approximate surface area is 104 Å². The third-order valence-electron chi connectivity index (χ3n) is 2.55. The Morgan fingerprint density at radius 3 is 3.00 bits per heavy atom. The standard InChI is InChI=1S/C11H14N6O/c1-12-9-3-4-13-5-8(9)11(18)14-6-10-16-15-7-17(10)2/h3-5,7H,6H2,1-2H3,(H,12,13)(H,14,18). The van der Waals surface area contributed by atoms with Crippen LogP contribution in [0.25, 0.3) is 0 Å². The highest BCUT2D eigenvalue weighted by molar-refractivity contribution is 5.99. The molecule has 0 spiro atoms. The number of nitrogens with one attached hydrogen (secondary N) is 2. The minimum atomic E-state index is -0.199. The van der Waals surface area contributed by atoms with E-state index in [0.717, 1.165) is 5.69 Å². The van der Waals surface area contributed by atoms with Crippen molar-refractivity contribution < 1.29 is 4.79 Å². The molecule has 0 bridgehead atoms. The number of amides is 1. The van der Waals surface area contributed by atoms with Crippen LogP contribution in [0.3, 0.4) is 0 Å². The van der Waals surface area contributed by atoms with Gasteiger partial charge in [-0.15, -0.1) is 10.2 Å². The largest absolute Gasteiger partial charge is 0.387 e. The molecule has 18 heavy (non-hydrogen) atoms. The van der Waals surface area contributed by atoms with Crippen molar-refractivity contribution in [3.05, 3.63) is 36.2 Å². The molecular formula is C11H14N6O. The number of anilines is 1. The van der Waals surface area contributed by atoms with Gasteiger partial charge in [0.15, 0.2) is 5.82 Å². The zero-order valence-electron chi connectivity index (χ0n) is 10.2. The van der Waals surface area contributed by atoms with Gasteiger partial charge in [0.1, 0.15) is 6.33 Å². The van der Waals surface area contributed by atoms with Gasteiger partial charge in [-0.25, -0.2) is 0 Å². The second-order valence-corrected chi connectivity index (χ2v) is 3.71. The van der Waals surface area contributed by atoms with Crippen LogP contribution in [0.4, 0.5) is 5.69 Å². The number of nitrogens with zero attached hydrogens (tertiary/aromatic N) is 4. The number of hydrogen-bond acceptors (Lipinski definition) is 5. The van der Waals surface area contributed by atoms with E-state index in [9.17, 15) is 4.79 Å². The smallest absolute Gasteiger partial charge is 0.255 e. The highest BCUT2D eigenvalue weighted by atomic mass is 16.1. The summed E-state index contributed by atoms with van der Waals surface area (Å²) in [6.45, 7) is 0.327. The number of carbonyl (C=O) groups excluding carboxylic acids is 1. The van der Waals surface area contributed by atoms with E-state index in [0.29, 0.717) is 17.9 Å². The summed E-state index contributed by atoms with van der Waals surface area (Å²) in [5.41, 5.74) is 1.24. The second-order valence-electron chi connectivity index (χ2n) is 3.71. The molecule has 2 aromatic rings. The number of aromatic nitrogens is 4. The van der Waals surface area contributed by atoms with E-state index in [1.54, 1.807) is 30.2 Å². The van der Waals surface area contributed by atoms with Gasteiger partial charge in [0.05, 0.1) is 12.1 Å². The third kappa shape index (κ3) is 2.45. The van der Waals surface area contributed by atoms with Crippen molar-refractivity contribution >= 4 is 11.6 Å². The van der Waals surface area contributed by atoms with Crippen LogP contribution in [-0.4, -0.2) is 32.7 Å². The topological polar surface area (TPSA) is 84.7 Å². The Morgan fingerprint density at radius 2 is 2.33 bits per heavy atom. The number of rotatable bonds is 4. The molecule has 2 rings (SSSR count). The summed E-state index contributed by atoms with van der Waals surface area (Å²) in [5.74, 6) is 0.494. The third-order valence-corrected chi connectivity index (χ3v) is 2.55. The van der Waals surface area contributed by atoms with Gasteiger partial charge in [-0.2, -0.15) is 0 Å². The van der Waals surface area contributed by atoms with Crippen molar-refractivity contribution in [3.63, 3.8) is 0 Å². The quantitative estimate of drug-likeness (QED) is 0.804. The van der Waals surface area contributed by atoms with E-state index in [4.69, 9.17) is 0 Å². The second kappa shape index (κ2) is 5.26. The van der Waals surface area contributed by atoms with Crippen LogP contribution in [0.15, 0.2) is 24.8 Å². The molecule has 2 aromatic heterocycles. The Balaban J connectivity index is 2.06. The lowest BCUT2D eigenvalue weighted by Crippen LogP contribution is -2.25. The van der Waals surface area contributed by atoms with Gasteiger partial charge in [0.25, 0.3) is 5.91 Å². The summed E-state index contributed by atoms with van der Waals surface area (Å²) in [5, 5.41) is 13.4. The monoisotopic (exact) mass is 246 g/mol. The minimum Gasteiger partial charge on any atom is -0.387 e. The average Bonchev–Trinajstić information content (AvgIpc) is 2.81. The lowest BCUT2D eigenvalue weighted by atomic mass is 10.2. The fraction of sp³-hybridized carbons (Fsp3) is 0.273. The Morgan fingerprint density at radius 1 is 1.50 bits per heavy atom. The minimum absolute atomic E-state index is 0.199. The Kier molecular flexibility index (Phi) is 3.52. The summed E-state index contributed by atoms with van der Waals surface area (Å²) in [6.07, 6.45) is 4.74. The van der Waals surface area contributed by atoms with Crippen LogP contribution in [-0.2, 0) is 13.6 Å². The average molecular weight is 246 g/mol. The number of aryl methyl sites for hydroxylation is 1. The summed E-state index contributed by atoms with van der Waals surface area (Å²) < 4.78 is 1.75. The molecule has 0 aliphatic heterocycles. The lowest BCUT2D eigenvalue weighted by molar-refractivity contribution is 0.0950. The van der Waals surface area contributed by atoms with Gasteiger partial charge in [0.2, 0.25) is 0 Å². The summed E-state index contributed by atoms with van der Waals surface area (Å²) in [6, 6.07) is 1.75. The Bertz CT molecular complexity index is 550. The molecule has 7 heteroatoms. The van der Waals surface area contributed by atoms with Crippen molar-refractivity contribution in [3.8, 4) is 0 Å². The van der Waals surface area contributed by atoms with Crippen LogP contribution in [0.1, 0.15) is 16.2 Å². The van der Waals surface area contributed by atoms with Gasteiger partial charge in [-0.3, -0.25) is 9.78 Å². The molecule has 0 aliphatic rings. The summed E-state index contributed by atoms with van der Waals surface area (Å²) >= 11 is 0. The molecule has 0 radical (unpaired) electrons. The van der Waals surface area contributed by atoms with Crippen LogP contribution in [0.2, 0.25) is 0 Å². The molecule has 0 fully saturated rings. The zero-order chi connectivity index (χ0) is 13.0. The molecule has 0 saturated carbocycles. The molecule has 7 nitrogen and oxygen atoms in total. The van der Waals surface area contributed by atoms with Gasteiger partial charge < -0.3 is 15.2 Å². The van der Waals surface area contributed by atoms with Crippen molar-refractivity contribution in [2.75, 3.05) is 12.4 Å². The first-order valence-electron chi connectivity index (χ1n) is 5.45. The van der Waals surface area contributed by atoms with Gasteiger partial charge >= 0.3 is 0 Å². The molecule has 0 aromatic carbocycles. The van der Waals surface area contributed by atoms with E-state index in [1.165, 1.54) is 6.20 Å². The van der Waals surface area contributed by atoms with Gasteiger partial charge in [-0.05, 0) is 6.07 Å². The summed E-state index contributed by atoms with van der Waals surface area (Å²) in [4.78, 5) is 15.9. The van der Waals surface area contributed by atoms with Crippen molar-refractivity contribution in [1.82, 2.24) is 25.1 Å². The molecule has 2 heterocycles. The predicted molar refractivity (Wildman–Crippen MR) is 66.0 cm³/mol. The van der Waals surface area contributed by atoms with Crippen molar-refractivity contribution in [2.24, 2.45) is 7.05 Å². The maximum Gasteiger partial charge on any atom is 0.255 e. The normalized spacial score (nSPS) is 10.1. The predicted octanol–water partition coefficient (Wildman–Crippen LogP) is 0.182. The fourth-order valence-corrected chi connectivity index (χ4v) is 1.52. The summed E-state index contributed by atoms with van der Waals surface area (Å²) in [7, 11) is 3.58. The van der Waals surface area contributed by atoms with Crippen LogP contribution >= 0.6 is 0 Å². The maximum atomic E-state index is 12.0. The first-order valence-corrected chi connectivity index (χ1v) is 5.45. The lowest BCUT2D eigenvalue weighted by Gasteiger charge is -2.08. The van der Waals surface area contributed by atoms with E-state index >= 15 is 0 Å². The highest BCUT2D eigenvalue weighted by Crippen LogP contribution is 2.12. The Hall–Kier alpha value is -2.44. The van der Waals surface area contributed by atoms with E-state index in [2.05, 4.69) is 25.8 Å². The van der Waals surface area contributed by atoms with Crippen LogP contribution < -0.4 is 10.6 Å². The first kappa shape index (κ1) is 12.0. The molecule has 0 atom stereocenters. The maximum absolute atomic E-state index is 12.0. The van der Waals surface area contributed by atoms with Gasteiger partial charge in [0, 0.05) is 32.2 Å².